The van der Waals surface area contributed by atoms with E-state index in [0.29, 0.717) is 5.71 Å². The fourth-order valence-electron chi connectivity index (χ4n) is 4.33. The molecule has 5 aromatic rings. The van der Waals surface area contributed by atoms with Gasteiger partial charge in [-0.2, -0.15) is 0 Å². The van der Waals surface area contributed by atoms with Gasteiger partial charge in [-0.3, -0.25) is 4.98 Å². The van der Waals surface area contributed by atoms with E-state index in [1.54, 1.807) is 0 Å². The molecule has 0 aliphatic heterocycles. The molecule has 0 saturated heterocycles. The number of furan rings is 1. The molecule has 5 rings (SSSR count). The van der Waals surface area contributed by atoms with Crippen molar-refractivity contribution in [1.82, 2.24) is 9.97 Å². The Kier molecular flexibility index (Phi) is 4.39. The number of fused-ring (bicyclic) bond motifs is 3. The molecule has 148 valence electrons. The van der Waals surface area contributed by atoms with Gasteiger partial charge in [-0.15, -0.1) is 0 Å². The van der Waals surface area contributed by atoms with Crippen LogP contribution in [0.2, 0.25) is 0 Å². The summed E-state index contributed by atoms with van der Waals surface area (Å²) in [6, 6.07) is 19.0. The molecule has 3 heterocycles. The second kappa shape index (κ2) is 7.10. The molecule has 3 aromatic heterocycles. The van der Waals surface area contributed by atoms with E-state index in [0.717, 1.165) is 39.7 Å². The summed E-state index contributed by atoms with van der Waals surface area (Å²) in [6.45, 7) is 8.53. The summed E-state index contributed by atoms with van der Waals surface area (Å²) < 4.78 is 6.33. The van der Waals surface area contributed by atoms with Crippen molar-refractivity contribution in [2.24, 2.45) is 0 Å². The largest absolute Gasteiger partial charge is 0.437 e. The Morgan fingerprint density at radius 2 is 1.57 bits per heavy atom. The highest BCUT2D eigenvalue weighted by Crippen LogP contribution is 2.36. The predicted octanol–water partition coefficient (Wildman–Crippen LogP) is 7.20. The van der Waals surface area contributed by atoms with Gasteiger partial charge in [0.15, 0.2) is 0 Å². The summed E-state index contributed by atoms with van der Waals surface area (Å²) in [6.07, 6.45) is 2.94. The number of benzene rings is 2. The lowest BCUT2D eigenvalue weighted by molar-refractivity contribution is 0.655. The van der Waals surface area contributed by atoms with Crippen LogP contribution < -0.4 is 0 Å². The number of pyridine rings is 2. The van der Waals surface area contributed by atoms with Gasteiger partial charge in [0.1, 0.15) is 5.58 Å². The van der Waals surface area contributed by atoms with E-state index in [1.807, 2.05) is 6.20 Å². The first-order chi connectivity index (χ1) is 14.6. The average molecular weight is 393 g/mol. The van der Waals surface area contributed by atoms with Crippen LogP contribution in [0.25, 0.3) is 44.6 Å². The van der Waals surface area contributed by atoms with Crippen molar-refractivity contribution in [3.63, 3.8) is 0 Å². The Labute approximate surface area is 176 Å². The average Bonchev–Trinajstić information content (AvgIpc) is 3.12. The van der Waals surface area contributed by atoms with Gasteiger partial charge < -0.3 is 4.42 Å². The maximum atomic E-state index is 6.33. The molecule has 0 radical (unpaired) electrons. The van der Waals surface area contributed by atoms with Crippen LogP contribution in [-0.2, 0) is 6.42 Å². The zero-order valence-electron chi connectivity index (χ0n) is 17.8. The number of hydrogen-bond donors (Lipinski definition) is 0. The summed E-state index contributed by atoms with van der Waals surface area (Å²) in [5.41, 5.74) is 10.5. The molecule has 2 aromatic carbocycles. The molecule has 0 spiro atoms. The van der Waals surface area contributed by atoms with Crippen molar-refractivity contribution in [2.75, 3.05) is 0 Å². The molecule has 0 fully saturated rings. The third kappa shape index (κ3) is 2.89. The number of hydrogen-bond acceptors (Lipinski definition) is 3. The predicted molar refractivity (Wildman–Crippen MR) is 124 cm³/mol. The smallest absolute Gasteiger partial charge is 0.227 e. The van der Waals surface area contributed by atoms with Gasteiger partial charge in [-0.1, -0.05) is 37.3 Å². The maximum absolute atomic E-state index is 6.33. The SMILES string of the molecule is CCc1cc(-c2cccc3c2oc2nc(-c4c(C)cccc4C)ccc23)ncc1C. The highest BCUT2D eigenvalue weighted by atomic mass is 16.3. The van der Waals surface area contributed by atoms with Crippen molar-refractivity contribution in [3.8, 4) is 22.5 Å². The van der Waals surface area contributed by atoms with Crippen LogP contribution in [0.15, 0.2) is 65.2 Å². The van der Waals surface area contributed by atoms with Crippen molar-refractivity contribution in [3.05, 3.63) is 83.0 Å². The standard InChI is InChI=1S/C27H24N2O/c1-5-19-14-24(28-15-18(19)4)22-11-7-10-20-21-12-13-23(29-27(21)30-26(20)22)25-16(2)8-6-9-17(25)3/h6-15H,5H2,1-4H3. The molecule has 0 bridgehead atoms. The number of rotatable bonds is 3. The molecule has 0 saturated carbocycles. The van der Waals surface area contributed by atoms with Gasteiger partial charge >= 0.3 is 0 Å². The Hall–Kier alpha value is -3.46. The molecule has 0 aliphatic carbocycles. The number of aryl methyl sites for hydroxylation is 4. The molecular weight excluding hydrogens is 368 g/mol. The van der Waals surface area contributed by atoms with Gasteiger partial charge in [-0.05, 0) is 73.7 Å². The van der Waals surface area contributed by atoms with E-state index < -0.39 is 0 Å². The molecule has 0 amide bonds. The Balaban J connectivity index is 1.73. The third-order valence-electron chi connectivity index (χ3n) is 5.97. The van der Waals surface area contributed by atoms with Crippen LogP contribution in [0.5, 0.6) is 0 Å². The van der Waals surface area contributed by atoms with Gasteiger partial charge in [0.25, 0.3) is 0 Å². The molecule has 30 heavy (non-hydrogen) atoms. The van der Waals surface area contributed by atoms with Gasteiger partial charge in [0, 0.05) is 28.1 Å². The van der Waals surface area contributed by atoms with Crippen LogP contribution in [0, 0.1) is 20.8 Å². The van der Waals surface area contributed by atoms with E-state index >= 15 is 0 Å². The molecular formula is C27H24N2O. The number of aromatic nitrogens is 2. The minimum absolute atomic E-state index is 0.667. The van der Waals surface area contributed by atoms with Crippen LogP contribution in [-0.4, -0.2) is 9.97 Å². The lowest BCUT2D eigenvalue weighted by Gasteiger charge is -2.08. The van der Waals surface area contributed by atoms with E-state index in [9.17, 15) is 0 Å². The molecule has 0 unspecified atom stereocenters. The zero-order chi connectivity index (χ0) is 20.8. The summed E-state index contributed by atoms with van der Waals surface area (Å²) >= 11 is 0. The van der Waals surface area contributed by atoms with Crippen molar-refractivity contribution in [2.45, 2.75) is 34.1 Å². The fourth-order valence-corrected chi connectivity index (χ4v) is 4.33. The van der Waals surface area contributed by atoms with Gasteiger partial charge in [-0.25, -0.2) is 4.98 Å². The highest BCUT2D eigenvalue weighted by molar-refractivity contribution is 6.08. The first-order valence-electron chi connectivity index (χ1n) is 10.4. The Bertz CT molecular complexity index is 1390. The van der Waals surface area contributed by atoms with Crippen molar-refractivity contribution in [1.29, 1.82) is 0 Å². The van der Waals surface area contributed by atoms with E-state index in [1.165, 1.54) is 27.8 Å². The fraction of sp³-hybridized carbons (Fsp3) is 0.185. The molecule has 0 aliphatic rings. The van der Waals surface area contributed by atoms with Gasteiger partial charge in [0.05, 0.1) is 11.4 Å². The van der Waals surface area contributed by atoms with E-state index in [-0.39, 0.29) is 0 Å². The Morgan fingerprint density at radius 3 is 2.33 bits per heavy atom. The van der Waals surface area contributed by atoms with E-state index in [4.69, 9.17) is 9.40 Å². The maximum Gasteiger partial charge on any atom is 0.227 e. The monoisotopic (exact) mass is 392 g/mol. The molecule has 3 heteroatoms. The Morgan fingerprint density at radius 1 is 0.800 bits per heavy atom. The molecule has 3 nitrogen and oxygen atoms in total. The first-order valence-corrected chi connectivity index (χ1v) is 10.4. The highest BCUT2D eigenvalue weighted by Gasteiger charge is 2.16. The second-order valence-electron chi connectivity index (χ2n) is 7.95. The van der Waals surface area contributed by atoms with Crippen LogP contribution in [0.4, 0.5) is 0 Å². The number of para-hydroxylation sites is 1. The molecule has 0 N–H and O–H groups in total. The minimum atomic E-state index is 0.667. The summed E-state index contributed by atoms with van der Waals surface area (Å²) in [5.74, 6) is 0. The first kappa shape index (κ1) is 18.6. The zero-order valence-corrected chi connectivity index (χ0v) is 17.8. The van der Waals surface area contributed by atoms with Crippen molar-refractivity contribution >= 4 is 22.1 Å². The summed E-state index contributed by atoms with van der Waals surface area (Å²) in [7, 11) is 0. The van der Waals surface area contributed by atoms with Crippen LogP contribution >= 0.6 is 0 Å². The van der Waals surface area contributed by atoms with E-state index in [2.05, 4.69) is 87.3 Å². The van der Waals surface area contributed by atoms with Crippen LogP contribution in [0.1, 0.15) is 29.2 Å². The quantitative estimate of drug-likeness (QED) is 0.326. The lowest BCUT2D eigenvalue weighted by atomic mass is 9.99. The second-order valence-corrected chi connectivity index (χ2v) is 7.95. The van der Waals surface area contributed by atoms with Crippen LogP contribution in [0.3, 0.4) is 0 Å². The summed E-state index contributed by atoms with van der Waals surface area (Å²) in [4.78, 5) is 9.59. The number of nitrogens with zero attached hydrogens (tertiary/aromatic N) is 2. The minimum Gasteiger partial charge on any atom is -0.437 e. The molecule has 0 atom stereocenters. The topological polar surface area (TPSA) is 38.9 Å². The lowest BCUT2D eigenvalue weighted by Crippen LogP contribution is -1.91. The third-order valence-corrected chi connectivity index (χ3v) is 5.97. The van der Waals surface area contributed by atoms with Crippen molar-refractivity contribution < 1.29 is 4.42 Å². The van der Waals surface area contributed by atoms with Gasteiger partial charge in [0.2, 0.25) is 5.71 Å². The normalized spacial score (nSPS) is 11.5. The summed E-state index contributed by atoms with van der Waals surface area (Å²) in [5, 5.41) is 2.10.